The molecule has 0 spiro atoms. The van der Waals surface area contributed by atoms with Gasteiger partial charge < -0.3 is 14.9 Å². The summed E-state index contributed by atoms with van der Waals surface area (Å²) in [5.74, 6) is -0.439. The number of hydrogen-bond acceptors (Lipinski definition) is 3. The van der Waals surface area contributed by atoms with Crippen LogP contribution < -0.4 is 4.90 Å². The highest BCUT2D eigenvalue weighted by Gasteiger charge is 2.32. The van der Waals surface area contributed by atoms with Gasteiger partial charge in [-0.25, -0.2) is 9.18 Å². The molecule has 7 heteroatoms. The Hall–Kier alpha value is -2.15. The fourth-order valence-corrected chi connectivity index (χ4v) is 2.97. The van der Waals surface area contributed by atoms with E-state index >= 15 is 0 Å². The van der Waals surface area contributed by atoms with Gasteiger partial charge in [-0.15, -0.1) is 0 Å². The van der Waals surface area contributed by atoms with E-state index in [4.69, 9.17) is 0 Å². The number of hydrogen-bond donors (Lipinski definition) is 1. The first-order valence-electron chi connectivity index (χ1n) is 7.82. The summed E-state index contributed by atoms with van der Waals surface area (Å²) < 4.78 is 13.0. The molecule has 2 saturated heterocycles. The maximum absolute atomic E-state index is 13.0. The number of rotatable bonds is 3. The van der Waals surface area contributed by atoms with E-state index in [-0.39, 0.29) is 30.4 Å². The van der Waals surface area contributed by atoms with Crippen LogP contribution in [0.15, 0.2) is 24.3 Å². The van der Waals surface area contributed by atoms with E-state index in [0.717, 1.165) is 0 Å². The summed E-state index contributed by atoms with van der Waals surface area (Å²) in [6.07, 6.45) is 0.837. The third-order valence-electron chi connectivity index (χ3n) is 4.38. The summed E-state index contributed by atoms with van der Waals surface area (Å²) in [6.45, 7) is 2.06. The van der Waals surface area contributed by atoms with Crippen LogP contribution in [-0.4, -0.2) is 65.7 Å². The van der Waals surface area contributed by atoms with E-state index in [0.29, 0.717) is 44.7 Å². The maximum Gasteiger partial charge on any atom is 0.325 e. The fourth-order valence-electron chi connectivity index (χ4n) is 2.97. The van der Waals surface area contributed by atoms with Crippen molar-refractivity contribution in [2.45, 2.75) is 18.9 Å². The summed E-state index contributed by atoms with van der Waals surface area (Å²) in [6, 6.07) is 5.52. The van der Waals surface area contributed by atoms with Gasteiger partial charge in [-0.2, -0.15) is 0 Å². The minimum absolute atomic E-state index is 0.0482. The summed E-state index contributed by atoms with van der Waals surface area (Å²) >= 11 is 0. The lowest BCUT2D eigenvalue weighted by atomic mass is 10.1. The summed E-state index contributed by atoms with van der Waals surface area (Å²) in [5.41, 5.74) is 0.632. The molecule has 2 fully saturated rings. The number of aliphatic hydroxyl groups is 1. The summed E-state index contributed by atoms with van der Waals surface area (Å²) in [4.78, 5) is 29.4. The Bertz CT molecular complexity index is 585. The first-order chi connectivity index (χ1) is 11.0. The van der Waals surface area contributed by atoms with E-state index in [1.165, 1.54) is 17.0 Å². The second kappa shape index (κ2) is 6.54. The number of aliphatic hydroxyl groups excluding tert-OH is 1. The number of carbonyl (C=O) groups excluding carboxylic acids is 2. The number of amides is 3. The predicted octanol–water partition coefficient (Wildman–Crippen LogP) is 1.05. The third kappa shape index (κ3) is 3.44. The number of likely N-dealkylation sites (tertiary alicyclic amines) is 1. The van der Waals surface area contributed by atoms with Gasteiger partial charge in [0, 0.05) is 31.9 Å². The van der Waals surface area contributed by atoms with Gasteiger partial charge in [0.1, 0.15) is 12.4 Å². The highest BCUT2D eigenvalue weighted by Crippen LogP contribution is 2.21. The molecule has 0 bridgehead atoms. The number of anilines is 1. The van der Waals surface area contributed by atoms with Crippen molar-refractivity contribution < 1.29 is 19.1 Å². The first kappa shape index (κ1) is 15.7. The molecule has 0 aromatic heterocycles. The van der Waals surface area contributed by atoms with Crippen molar-refractivity contribution in [2.24, 2.45) is 0 Å². The summed E-state index contributed by atoms with van der Waals surface area (Å²) in [7, 11) is 0. The molecular weight excluding hydrogens is 301 g/mol. The van der Waals surface area contributed by atoms with Crippen molar-refractivity contribution in [3.63, 3.8) is 0 Å². The molecule has 2 heterocycles. The largest absolute Gasteiger partial charge is 0.393 e. The van der Waals surface area contributed by atoms with Crippen molar-refractivity contribution in [1.82, 2.24) is 9.80 Å². The Labute approximate surface area is 134 Å². The number of urea groups is 1. The number of piperidine rings is 1. The number of halogens is 1. The van der Waals surface area contributed by atoms with Crippen molar-refractivity contribution in [2.75, 3.05) is 37.6 Å². The smallest absolute Gasteiger partial charge is 0.325 e. The standard InChI is InChI=1S/C16H20FN3O3/c17-12-1-3-13(4-2-12)20-10-9-19(16(20)23)11-15(22)18-7-5-14(21)6-8-18/h1-4,14,21H,5-11H2. The minimum Gasteiger partial charge on any atom is -0.393 e. The Morgan fingerprint density at radius 3 is 2.43 bits per heavy atom. The van der Waals surface area contributed by atoms with Crippen LogP contribution in [0.2, 0.25) is 0 Å². The molecule has 23 heavy (non-hydrogen) atoms. The van der Waals surface area contributed by atoms with Crippen molar-refractivity contribution in [1.29, 1.82) is 0 Å². The van der Waals surface area contributed by atoms with Gasteiger partial charge in [-0.1, -0.05) is 0 Å². The molecule has 0 aliphatic carbocycles. The molecule has 1 N–H and O–H groups in total. The van der Waals surface area contributed by atoms with Crippen LogP contribution in [0.5, 0.6) is 0 Å². The van der Waals surface area contributed by atoms with Gasteiger partial charge in [-0.3, -0.25) is 9.69 Å². The second-order valence-electron chi connectivity index (χ2n) is 5.94. The quantitative estimate of drug-likeness (QED) is 0.905. The van der Waals surface area contributed by atoms with Crippen LogP contribution in [0.4, 0.5) is 14.9 Å². The predicted molar refractivity (Wildman–Crippen MR) is 82.5 cm³/mol. The molecule has 3 amide bonds. The molecule has 3 rings (SSSR count). The lowest BCUT2D eigenvalue weighted by molar-refractivity contribution is -0.133. The SMILES string of the molecule is O=C(CN1CCN(c2ccc(F)cc2)C1=O)N1CCC(O)CC1. The molecule has 2 aliphatic heterocycles. The van der Waals surface area contributed by atoms with Crippen LogP contribution >= 0.6 is 0 Å². The normalized spacial score (nSPS) is 19.6. The van der Waals surface area contributed by atoms with Gasteiger partial charge in [0.15, 0.2) is 0 Å². The van der Waals surface area contributed by atoms with Crippen LogP contribution in [-0.2, 0) is 4.79 Å². The molecule has 0 unspecified atom stereocenters. The molecule has 124 valence electrons. The topological polar surface area (TPSA) is 64.1 Å². The minimum atomic E-state index is -0.347. The Kier molecular flexibility index (Phi) is 4.47. The average Bonchev–Trinajstić information content (AvgIpc) is 2.90. The lowest BCUT2D eigenvalue weighted by Crippen LogP contribution is -2.46. The van der Waals surface area contributed by atoms with Crippen LogP contribution in [0.25, 0.3) is 0 Å². The zero-order valence-electron chi connectivity index (χ0n) is 12.8. The highest BCUT2D eigenvalue weighted by atomic mass is 19.1. The lowest BCUT2D eigenvalue weighted by Gasteiger charge is -2.30. The van der Waals surface area contributed by atoms with E-state index in [9.17, 15) is 19.1 Å². The Morgan fingerprint density at radius 1 is 1.13 bits per heavy atom. The number of benzene rings is 1. The van der Waals surface area contributed by atoms with Gasteiger partial charge >= 0.3 is 6.03 Å². The van der Waals surface area contributed by atoms with E-state index < -0.39 is 0 Å². The molecule has 1 aromatic carbocycles. The molecule has 6 nitrogen and oxygen atoms in total. The van der Waals surface area contributed by atoms with Crippen molar-refractivity contribution >= 4 is 17.6 Å². The molecule has 2 aliphatic rings. The highest BCUT2D eigenvalue weighted by molar-refractivity contribution is 5.96. The van der Waals surface area contributed by atoms with Gasteiger partial charge in [0.05, 0.1) is 6.10 Å². The van der Waals surface area contributed by atoms with Gasteiger partial charge in [0.25, 0.3) is 0 Å². The molecule has 0 saturated carbocycles. The monoisotopic (exact) mass is 321 g/mol. The average molecular weight is 321 g/mol. The third-order valence-corrected chi connectivity index (χ3v) is 4.38. The van der Waals surface area contributed by atoms with E-state index in [2.05, 4.69) is 0 Å². The molecular formula is C16H20FN3O3. The first-order valence-corrected chi connectivity index (χ1v) is 7.82. The maximum atomic E-state index is 13.0. The van der Waals surface area contributed by atoms with Gasteiger partial charge in [0.2, 0.25) is 5.91 Å². The second-order valence-corrected chi connectivity index (χ2v) is 5.94. The van der Waals surface area contributed by atoms with Crippen molar-refractivity contribution in [3.8, 4) is 0 Å². The van der Waals surface area contributed by atoms with Crippen molar-refractivity contribution in [3.05, 3.63) is 30.1 Å². The Morgan fingerprint density at radius 2 is 1.78 bits per heavy atom. The van der Waals surface area contributed by atoms with E-state index in [1.807, 2.05) is 0 Å². The zero-order chi connectivity index (χ0) is 16.4. The molecule has 1 aromatic rings. The number of nitrogens with zero attached hydrogens (tertiary/aromatic N) is 3. The Balaban J connectivity index is 1.58. The van der Waals surface area contributed by atoms with Crippen LogP contribution in [0, 0.1) is 5.82 Å². The van der Waals surface area contributed by atoms with Crippen LogP contribution in [0.1, 0.15) is 12.8 Å². The zero-order valence-corrected chi connectivity index (χ0v) is 12.8. The van der Waals surface area contributed by atoms with E-state index in [1.54, 1.807) is 21.9 Å². The summed E-state index contributed by atoms with van der Waals surface area (Å²) in [5, 5.41) is 9.48. The van der Waals surface area contributed by atoms with Crippen LogP contribution in [0.3, 0.4) is 0 Å². The number of carbonyl (C=O) groups is 2. The molecule has 0 atom stereocenters. The molecule has 0 radical (unpaired) electrons. The van der Waals surface area contributed by atoms with Gasteiger partial charge in [-0.05, 0) is 37.1 Å². The fraction of sp³-hybridized carbons (Fsp3) is 0.500.